The van der Waals surface area contributed by atoms with E-state index in [0.717, 1.165) is 52.8 Å². The maximum Gasteiger partial charge on any atom is 0.255 e. The van der Waals surface area contributed by atoms with Gasteiger partial charge in [0.15, 0.2) is 0 Å². The van der Waals surface area contributed by atoms with E-state index in [0.29, 0.717) is 11.3 Å². The number of hydrogen-bond acceptors (Lipinski definition) is 8. The van der Waals surface area contributed by atoms with Gasteiger partial charge in [-0.15, -0.1) is 0 Å². The Morgan fingerprint density at radius 2 is 1.94 bits per heavy atom. The van der Waals surface area contributed by atoms with Crippen molar-refractivity contribution < 1.29 is 0 Å². The second-order valence-electron chi connectivity index (χ2n) is 9.58. The molecule has 36 heavy (non-hydrogen) atoms. The molecule has 1 fully saturated rings. The largest absolute Gasteiger partial charge is 0.351 e. The summed E-state index contributed by atoms with van der Waals surface area (Å²) in [6, 6.07) is 10.5. The van der Waals surface area contributed by atoms with Gasteiger partial charge in [0.05, 0.1) is 28.9 Å². The van der Waals surface area contributed by atoms with E-state index >= 15 is 0 Å². The normalized spacial score (nSPS) is 19.7. The van der Waals surface area contributed by atoms with Crippen LogP contribution < -0.4 is 10.5 Å². The van der Waals surface area contributed by atoms with Gasteiger partial charge < -0.3 is 4.90 Å². The number of thiazole rings is 1. The third-order valence-corrected chi connectivity index (χ3v) is 8.31. The molecule has 0 radical (unpaired) electrons. The fourth-order valence-electron chi connectivity index (χ4n) is 5.36. The van der Waals surface area contributed by atoms with Crippen LogP contribution in [-0.2, 0) is 13.5 Å². The summed E-state index contributed by atoms with van der Waals surface area (Å²) in [7, 11) is 1.75. The SMILES string of the molecule is CC[C@H]1CN([C@@H](C)c2ccc3nc(C)sc3n2)[C@H](CC)CN1c1cc(=O)n(C)c2cc(CC#N)nn12. The van der Waals surface area contributed by atoms with Crippen molar-refractivity contribution in [3.8, 4) is 6.07 Å². The zero-order chi connectivity index (χ0) is 25.6. The highest BCUT2D eigenvalue weighted by Gasteiger charge is 2.37. The number of piperazine rings is 1. The molecule has 1 aliphatic heterocycles. The van der Waals surface area contributed by atoms with Crippen LogP contribution in [-0.4, -0.2) is 54.2 Å². The average molecular weight is 505 g/mol. The molecule has 0 aromatic carbocycles. The zero-order valence-corrected chi connectivity index (χ0v) is 22.3. The van der Waals surface area contributed by atoms with Gasteiger partial charge in [0.2, 0.25) is 0 Å². The standard InChI is InChI=1S/C26H32N8OS/c1-6-19-15-33(24-13-25(35)31(5)23-12-18(10-11-27)30-34(23)24)20(7-2)14-32(19)16(3)21-8-9-22-26(29-21)36-17(4)28-22/h8-9,12-13,16,19-20H,6-7,10,14-15H2,1-5H3/t16-,19+,20-/m0/s1. The molecule has 0 N–H and O–H groups in total. The van der Waals surface area contributed by atoms with Crippen molar-refractivity contribution in [1.29, 1.82) is 5.26 Å². The van der Waals surface area contributed by atoms with Crippen LogP contribution in [0.2, 0.25) is 0 Å². The highest BCUT2D eigenvalue weighted by atomic mass is 32.1. The van der Waals surface area contributed by atoms with Gasteiger partial charge in [-0.2, -0.15) is 10.4 Å². The van der Waals surface area contributed by atoms with Crippen molar-refractivity contribution in [3.05, 3.63) is 51.0 Å². The number of hydrogen-bond donors (Lipinski definition) is 0. The number of pyridine rings is 1. The van der Waals surface area contributed by atoms with E-state index < -0.39 is 0 Å². The maximum absolute atomic E-state index is 12.9. The van der Waals surface area contributed by atoms with Gasteiger partial charge in [0.25, 0.3) is 5.56 Å². The number of rotatable bonds is 6. The minimum atomic E-state index is -0.0723. The Balaban J connectivity index is 1.50. The lowest BCUT2D eigenvalue weighted by molar-refractivity contribution is 0.0986. The third-order valence-electron chi connectivity index (χ3n) is 7.43. The van der Waals surface area contributed by atoms with E-state index in [1.807, 2.05) is 17.5 Å². The monoisotopic (exact) mass is 504 g/mol. The predicted molar refractivity (Wildman–Crippen MR) is 143 cm³/mol. The second kappa shape index (κ2) is 9.64. The molecule has 0 spiro atoms. The van der Waals surface area contributed by atoms with Crippen LogP contribution in [0.1, 0.15) is 56.1 Å². The Morgan fingerprint density at radius 1 is 1.17 bits per heavy atom. The lowest BCUT2D eigenvalue weighted by Gasteiger charge is -2.49. The molecule has 4 aromatic heterocycles. The molecular weight excluding hydrogens is 472 g/mol. The summed E-state index contributed by atoms with van der Waals surface area (Å²) >= 11 is 1.64. The van der Waals surface area contributed by atoms with Crippen molar-refractivity contribution >= 4 is 33.1 Å². The van der Waals surface area contributed by atoms with Crippen molar-refractivity contribution in [2.75, 3.05) is 18.0 Å². The summed E-state index contributed by atoms with van der Waals surface area (Å²) < 4.78 is 3.43. The Morgan fingerprint density at radius 3 is 2.67 bits per heavy atom. The van der Waals surface area contributed by atoms with Gasteiger partial charge in [0.1, 0.15) is 21.8 Å². The van der Waals surface area contributed by atoms with Crippen molar-refractivity contribution in [3.63, 3.8) is 0 Å². The van der Waals surface area contributed by atoms with E-state index in [2.05, 4.69) is 53.8 Å². The Kier molecular flexibility index (Phi) is 6.53. The van der Waals surface area contributed by atoms with Gasteiger partial charge in [-0.05, 0) is 38.8 Å². The van der Waals surface area contributed by atoms with E-state index in [9.17, 15) is 10.1 Å². The Bertz CT molecular complexity index is 1510. The molecule has 0 amide bonds. The first-order chi connectivity index (χ1) is 17.3. The first-order valence-electron chi connectivity index (χ1n) is 12.6. The molecule has 5 rings (SSSR count). The molecule has 3 atom stereocenters. The van der Waals surface area contributed by atoms with Crippen molar-refractivity contribution in [1.82, 2.24) is 29.0 Å². The number of aryl methyl sites for hydroxylation is 2. The van der Waals surface area contributed by atoms with Crippen LogP contribution in [0.3, 0.4) is 0 Å². The first kappa shape index (κ1) is 24.4. The number of nitriles is 1. The van der Waals surface area contributed by atoms with Gasteiger partial charge in [-0.25, -0.2) is 14.5 Å². The minimum Gasteiger partial charge on any atom is -0.351 e. The van der Waals surface area contributed by atoms with Crippen LogP contribution in [0.15, 0.2) is 29.1 Å². The predicted octanol–water partition coefficient (Wildman–Crippen LogP) is 3.85. The Labute approximate surface area is 214 Å². The molecule has 5 heterocycles. The van der Waals surface area contributed by atoms with Gasteiger partial charge in [0, 0.05) is 50.4 Å². The maximum atomic E-state index is 12.9. The molecule has 188 valence electrons. The summed E-state index contributed by atoms with van der Waals surface area (Å²) in [5.41, 5.74) is 3.33. The lowest BCUT2D eigenvalue weighted by Crippen LogP contribution is -2.59. The molecule has 4 aromatic rings. The van der Waals surface area contributed by atoms with Crippen molar-refractivity contribution in [2.24, 2.45) is 7.05 Å². The molecule has 9 nitrogen and oxygen atoms in total. The van der Waals surface area contributed by atoms with Crippen LogP contribution in [0.4, 0.5) is 5.82 Å². The van der Waals surface area contributed by atoms with E-state index in [4.69, 9.17) is 10.1 Å². The highest BCUT2D eigenvalue weighted by Crippen LogP contribution is 2.32. The molecule has 1 aliphatic rings. The molecule has 0 aliphatic carbocycles. The molecule has 0 saturated carbocycles. The number of nitrogens with zero attached hydrogens (tertiary/aromatic N) is 8. The second-order valence-corrected chi connectivity index (χ2v) is 10.8. The van der Waals surface area contributed by atoms with Crippen LogP contribution in [0.25, 0.3) is 16.0 Å². The first-order valence-corrected chi connectivity index (χ1v) is 13.4. The minimum absolute atomic E-state index is 0.0723. The van der Waals surface area contributed by atoms with Crippen molar-refractivity contribution in [2.45, 2.75) is 65.1 Å². The number of anilines is 1. The summed E-state index contributed by atoms with van der Waals surface area (Å²) in [6.45, 7) is 10.3. The molecule has 1 saturated heterocycles. The molecular formula is C26H32N8OS. The zero-order valence-electron chi connectivity index (χ0n) is 21.5. The fourth-order valence-corrected chi connectivity index (χ4v) is 6.16. The summed E-state index contributed by atoms with van der Waals surface area (Å²) in [5.74, 6) is 0.801. The molecule has 0 unspecified atom stereocenters. The average Bonchev–Trinajstić information content (AvgIpc) is 3.47. The van der Waals surface area contributed by atoms with E-state index in [1.54, 1.807) is 29.0 Å². The topological polar surface area (TPSA) is 95.4 Å². The number of fused-ring (bicyclic) bond motifs is 2. The summed E-state index contributed by atoms with van der Waals surface area (Å²) in [6.07, 6.45) is 2.13. The van der Waals surface area contributed by atoms with Gasteiger partial charge in [-0.3, -0.25) is 14.3 Å². The third kappa shape index (κ3) is 4.16. The summed E-state index contributed by atoms with van der Waals surface area (Å²) in [4.78, 5) is 28.3. The smallest absolute Gasteiger partial charge is 0.255 e. The van der Waals surface area contributed by atoms with Crippen LogP contribution in [0.5, 0.6) is 0 Å². The highest BCUT2D eigenvalue weighted by molar-refractivity contribution is 7.18. The lowest BCUT2D eigenvalue weighted by atomic mass is 9.99. The quantitative estimate of drug-likeness (QED) is 0.394. The molecule has 0 bridgehead atoms. The fraction of sp³-hybridized carbons (Fsp3) is 0.500. The number of aromatic nitrogens is 5. The van der Waals surface area contributed by atoms with Crippen LogP contribution in [0, 0.1) is 18.3 Å². The molecule has 10 heteroatoms. The Hall–Kier alpha value is -3.29. The van der Waals surface area contributed by atoms with E-state index in [1.165, 1.54) is 0 Å². The summed E-state index contributed by atoms with van der Waals surface area (Å²) in [5, 5.41) is 14.9. The van der Waals surface area contributed by atoms with Gasteiger partial charge >= 0.3 is 0 Å². The van der Waals surface area contributed by atoms with Gasteiger partial charge in [-0.1, -0.05) is 25.2 Å². The van der Waals surface area contributed by atoms with E-state index in [-0.39, 0.29) is 30.1 Å². The van der Waals surface area contributed by atoms with Crippen LogP contribution >= 0.6 is 11.3 Å².